The molecule has 0 saturated carbocycles. The summed E-state index contributed by atoms with van der Waals surface area (Å²) >= 11 is 5.88. The normalized spacial score (nSPS) is 18.7. The third kappa shape index (κ3) is 2.49. The SMILES string of the molecule is C=CC1CC(=O)N(c2c(C)cc(Cl)cc2C(=O)O)C1. The van der Waals surface area contributed by atoms with Crippen LogP contribution < -0.4 is 4.90 Å². The topological polar surface area (TPSA) is 57.6 Å². The van der Waals surface area contributed by atoms with Gasteiger partial charge in [0.1, 0.15) is 0 Å². The minimum atomic E-state index is -1.09. The Morgan fingerprint density at radius 1 is 1.58 bits per heavy atom. The van der Waals surface area contributed by atoms with Crippen molar-refractivity contribution in [3.63, 3.8) is 0 Å². The number of hydrogen-bond acceptors (Lipinski definition) is 2. The molecule has 1 atom stereocenters. The molecule has 1 amide bonds. The fourth-order valence-corrected chi connectivity index (χ4v) is 2.64. The molecule has 0 aromatic heterocycles. The van der Waals surface area contributed by atoms with Crippen LogP contribution in [0.2, 0.25) is 5.02 Å². The molecule has 100 valence electrons. The molecular weight excluding hydrogens is 266 g/mol. The molecule has 1 aromatic carbocycles. The summed E-state index contributed by atoms with van der Waals surface area (Å²) in [6.45, 7) is 5.90. The number of rotatable bonds is 3. The Morgan fingerprint density at radius 3 is 2.79 bits per heavy atom. The summed E-state index contributed by atoms with van der Waals surface area (Å²) in [6, 6.07) is 3.04. The van der Waals surface area contributed by atoms with Gasteiger partial charge in [0.15, 0.2) is 0 Å². The molecule has 19 heavy (non-hydrogen) atoms. The zero-order valence-electron chi connectivity index (χ0n) is 10.5. The Hall–Kier alpha value is -1.81. The van der Waals surface area contributed by atoms with Crippen molar-refractivity contribution in [2.24, 2.45) is 5.92 Å². The van der Waals surface area contributed by atoms with Crippen LogP contribution in [0.15, 0.2) is 24.8 Å². The number of hydrogen-bond donors (Lipinski definition) is 1. The largest absolute Gasteiger partial charge is 0.478 e. The molecule has 0 spiro atoms. The van der Waals surface area contributed by atoms with Gasteiger partial charge in [-0.1, -0.05) is 17.7 Å². The number of anilines is 1. The van der Waals surface area contributed by atoms with Gasteiger partial charge < -0.3 is 10.0 Å². The minimum Gasteiger partial charge on any atom is -0.478 e. The number of nitrogens with zero attached hydrogens (tertiary/aromatic N) is 1. The van der Waals surface area contributed by atoms with Crippen LogP contribution in [0, 0.1) is 12.8 Å². The lowest BCUT2D eigenvalue weighted by Crippen LogP contribution is -2.27. The van der Waals surface area contributed by atoms with Crippen LogP contribution in [0.3, 0.4) is 0 Å². The summed E-state index contributed by atoms with van der Waals surface area (Å²) in [5, 5.41) is 9.62. The van der Waals surface area contributed by atoms with Gasteiger partial charge in [-0.05, 0) is 24.6 Å². The van der Waals surface area contributed by atoms with E-state index >= 15 is 0 Å². The molecule has 2 rings (SSSR count). The van der Waals surface area contributed by atoms with Crippen LogP contribution in [-0.4, -0.2) is 23.5 Å². The first-order valence-corrected chi connectivity index (χ1v) is 6.28. The van der Waals surface area contributed by atoms with Crippen molar-refractivity contribution in [3.05, 3.63) is 40.9 Å². The highest BCUT2D eigenvalue weighted by atomic mass is 35.5. The van der Waals surface area contributed by atoms with Crippen LogP contribution in [0.4, 0.5) is 5.69 Å². The van der Waals surface area contributed by atoms with Crippen molar-refractivity contribution in [2.45, 2.75) is 13.3 Å². The zero-order chi connectivity index (χ0) is 14.2. The molecule has 0 radical (unpaired) electrons. The smallest absolute Gasteiger partial charge is 0.337 e. The van der Waals surface area contributed by atoms with E-state index in [1.54, 1.807) is 19.1 Å². The predicted octanol–water partition coefficient (Wildman–Crippen LogP) is 2.89. The number of halogens is 1. The van der Waals surface area contributed by atoms with Crippen LogP contribution in [0.25, 0.3) is 0 Å². The first-order valence-electron chi connectivity index (χ1n) is 5.90. The lowest BCUT2D eigenvalue weighted by molar-refractivity contribution is -0.117. The first kappa shape index (κ1) is 13.6. The van der Waals surface area contributed by atoms with Crippen molar-refractivity contribution in [3.8, 4) is 0 Å². The molecule has 0 bridgehead atoms. The van der Waals surface area contributed by atoms with Gasteiger partial charge in [-0.25, -0.2) is 4.79 Å². The molecule has 1 aliphatic rings. The molecule has 1 heterocycles. The summed E-state index contributed by atoms with van der Waals surface area (Å²) in [5.74, 6) is -1.11. The fraction of sp³-hybridized carbons (Fsp3) is 0.286. The quantitative estimate of drug-likeness (QED) is 0.866. The summed E-state index contributed by atoms with van der Waals surface area (Å²) in [6.07, 6.45) is 2.09. The third-order valence-electron chi connectivity index (χ3n) is 3.25. The predicted molar refractivity (Wildman–Crippen MR) is 73.8 cm³/mol. The monoisotopic (exact) mass is 279 g/mol. The van der Waals surface area contributed by atoms with Gasteiger partial charge >= 0.3 is 5.97 Å². The van der Waals surface area contributed by atoms with Crippen LogP contribution in [-0.2, 0) is 4.79 Å². The van der Waals surface area contributed by atoms with Gasteiger partial charge in [0, 0.05) is 23.9 Å². The maximum atomic E-state index is 12.0. The maximum absolute atomic E-state index is 12.0. The van der Waals surface area contributed by atoms with Crippen molar-refractivity contribution in [1.82, 2.24) is 0 Å². The van der Waals surface area contributed by atoms with E-state index in [-0.39, 0.29) is 17.4 Å². The van der Waals surface area contributed by atoms with Gasteiger partial charge in [-0.3, -0.25) is 4.79 Å². The first-order chi connectivity index (χ1) is 8.93. The van der Waals surface area contributed by atoms with E-state index in [1.807, 2.05) is 0 Å². The number of carbonyl (C=O) groups excluding carboxylic acids is 1. The van der Waals surface area contributed by atoms with E-state index < -0.39 is 5.97 Å². The molecule has 0 aliphatic carbocycles. The van der Waals surface area contributed by atoms with Crippen molar-refractivity contribution < 1.29 is 14.7 Å². The number of carboxylic acids is 1. The molecule has 1 fully saturated rings. The van der Waals surface area contributed by atoms with Gasteiger partial charge in [-0.15, -0.1) is 6.58 Å². The molecule has 5 heteroatoms. The second kappa shape index (κ2) is 5.05. The van der Waals surface area contributed by atoms with Gasteiger partial charge in [0.05, 0.1) is 11.3 Å². The molecule has 1 unspecified atom stereocenters. The highest BCUT2D eigenvalue weighted by Crippen LogP contribution is 2.33. The highest BCUT2D eigenvalue weighted by Gasteiger charge is 2.32. The number of benzene rings is 1. The van der Waals surface area contributed by atoms with Gasteiger partial charge in [0.2, 0.25) is 5.91 Å². The third-order valence-corrected chi connectivity index (χ3v) is 3.47. The molecule has 1 aromatic rings. The zero-order valence-corrected chi connectivity index (χ0v) is 11.3. The minimum absolute atomic E-state index is 0.0584. The fourth-order valence-electron chi connectivity index (χ4n) is 2.37. The Labute approximate surface area is 116 Å². The van der Waals surface area contributed by atoms with Crippen molar-refractivity contribution in [2.75, 3.05) is 11.4 Å². The van der Waals surface area contributed by atoms with Gasteiger partial charge in [-0.2, -0.15) is 0 Å². The Morgan fingerprint density at radius 2 is 2.26 bits per heavy atom. The number of aryl methyl sites for hydroxylation is 1. The van der Waals surface area contributed by atoms with Crippen LogP contribution in [0.1, 0.15) is 22.3 Å². The Balaban J connectivity index is 2.53. The summed E-state index contributed by atoms with van der Waals surface area (Å²) in [5.41, 5.74) is 1.18. The molecular formula is C14H14ClNO3. The average molecular weight is 280 g/mol. The standard InChI is InChI=1S/C14H14ClNO3/c1-3-9-5-12(17)16(7-9)13-8(2)4-10(15)6-11(13)14(18)19/h3-4,6,9H,1,5,7H2,2H3,(H,18,19). The van der Waals surface area contributed by atoms with E-state index in [9.17, 15) is 14.7 Å². The van der Waals surface area contributed by atoms with Crippen LogP contribution in [0.5, 0.6) is 0 Å². The van der Waals surface area contributed by atoms with E-state index in [1.165, 1.54) is 11.0 Å². The van der Waals surface area contributed by atoms with Crippen molar-refractivity contribution in [1.29, 1.82) is 0 Å². The van der Waals surface area contributed by atoms with E-state index in [2.05, 4.69) is 6.58 Å². The van der Waals surface area contributed by atoms with E-state index in [4.69, 9.17) is 11.6 Å². The Bertz CT molecular complexity index is 568. The van der Waals surface area contributed by atoms with Crippen molar-refractivity contribution >= 4 is 29.2 Å². The number of carbonyl (C=O) groups is 2. The summed E-state index contributed by atoms with van der Waals surface area (Å²) in [4.78, 5) is 24.8. The maximum Gasteiger partial charge on any atom is 0.337 e. The lowest BCUT2D eigenvalue weighted by atomic mass is 10.1. The van der Waals surface area contributed by atoms with E-state index in [0.29, 0.717) is 29.2 Å². The highest BCUT2D eigenvalue weighted by molar-refractivity contribution is 6.31. The van der Waals surface area contributed by atoms with Crippen LogP contribution >= 0.6 is 11.6 Å². The summed E-state index contributed by atoms with van der Waals surface area (Å²) < 4.78 is 0. The second-order valence-electron chi connectivity index (χ2n) is 4.63. The lowest BCUT2D eigenvalue weighted by Gasteiger charge is -2.21. The number of carboxylic acid groups (broad SMARTS) is 1. The molecule has 1 saturated heterocycles. The average Bonchev–Trinajstić information content (AvgIpc) is 2.69. The molecule has 1 N–H and O–H groups in total. The second-order valence-corrected chi connectivity index (χ2v) is 5.06. The van der Waals surface area contributed by atoms with Gasteiger partial charge in [0.25, 0.3) is 0 Å². The number of aromatic carboxylic acids is 1. The number of amides is 1. The molecule has 4 nitrogen and oxygen atoms in total. The Kier molecular flexibility index (Phi) is 3.62. The summed E-state index contributed by atoms with van der Waals surface area (Å²) in [7, 11) is 0. The molecule has 1 aliphatic heterocycles. The van der Waals surface area contributed by atoms with E-state index in [0.717, 1.165) is 0 Å².